The van der Waals surface area contributed by atoms with Crippen LogP contribution in [0.1, 0.15) is 49.9 Å². The highest BCUT2D eigenvalue weighted by molar-refractivity contribution is 5.73. The SMILES string of the molecule is CC(=O)N[C@H]1[C@H](OC[C@H]2O[C@H](OCc3ccccc3)[C@H](OCc3ccccc3)[C@@H](OCc3ccccc3)[C@H]2OCc2ccccc2)O[C@H](COC(C)=O)[C@@H](OC(C)=O)[C@@H]1OC(C)=O. The molecule has 15 nitrogen and oxygen atoms in total. The van der Waals surface area contributed by atoms with Gasteiger partial charge in [-0.1, -0.05) is 121 Å². The average Bonchev–Trinajstić information content (AvgIpc) is 3.27. The fourth-order valence-electron chi connectivity index (χ4n) is 7.39. The van der Waals surface area contributed by atoms with E-state index in [1.54, 1.807) is 0 Å². The largest absolute Gasteiger partial charge is 0.463 e. The summed E-state index contributed by atoms with van der Waals surface area (Å²) in [6.45, 7) is 4.89. The summed E-state index contributed by atoms with van der Waals surface area (Å²) in [5.74, 6) is -2.61. The van der Waals surface area contributed by atoms with Gasteiger partial charge in [-0.15, -0.1) is 0 Å². The number of carbonyl (C=O) groups excluding carboxylic acids is 4. The van der Waals surface area contributed by atoms with Gasteiger partial charge in [-0.3, -0.25) is 19.2 Å². The minimum atomic E-state index is -1.37. The molecule has 0 aromatic heterocycles. The molecule has 2 fully saturated rings. The van der Waals surface area contributed by atoms with Gasteiger partial charge in [-0.05, 0) is 22.3 Å². The lowest BCUT2D eigenvalue weighted by Crippen LogP contribution is -2.67. The van der Waals surface area contributed by atoms with E-state index in [4.69, 9.17) is 47.4 Å². The molecular weight excluding hydrogens is 815 g/mol. The highest BCUT2D eigenvalue weighted by Crippen LogP contribution is 2.34. The topological polar surface area (TPSA) is 173 Å². The Hall–Kier alpha value is -5.52. The Labute approximate surface area is 367 Å². The first-order chi connectivity index (χ1) is 30.5. The third-order valence-electron chi connectivity index (χ3n) is 10.2. The van der Waals surface area contributed by atoms with E-state index in [-0.39, 0.29) is 33.0 Å². The zero-order valence-corrected chi connectivity index (χ0v) is 35.8. The van der Waals surface area contributed by atoms with E-state index in [9.17, 15) is 19.2 Å². The van der Waals surface area contributed by atoms with Gasteiger partial charge in [0, 0.05) is 27.7 Å². The summed E-state index contributed by atoms with van der Waals surface area (Å²) < 4.78 is 63.1. The van der Waals surface area contributed by atoms with Crippen LogP contribution < -0.4 is 5.32 Å². The van der Waals surface area contributed by atoms with Crippen LogP contribution in [0.3, 0.4) is 0 Å². The summed E-state index contributed by atoms with van der Waals surface area (Å²) >= 11 is 0. The highest BCUT2D eigenvalue weighted by Gasteiger charge is 2.53. The van der Waals surface area contributed by atoms with Crippen molar-refractivity contribution in [3.05, 3.63) is 144 Å². The number of ether oxygens (including phenoxy) is 10. The van der Waals surface area contributed by atoms with Gasteiger partial charge in [0.25, 0.3) is 0 Å². The van der Waals surface area contributed by atoms with Gasteiger partial charge in [0.1, 0.15) is 43.2 Å². The standard InChI is InChI=1S/C48H55NO14/c1-31(50)49-41-44(61-34(4)53)43(60-33(3)52)40(29-54-32(2)51)62-47(41)59-30-39-42(55-25-35-17-9-5-10-18-35)45(56-26-36-19-11-6-12-20-36)46(57-27-37-21-13-7-14-22-37)48(63-39)58-28-38-23-15-8-16-24-38/h5-24,39-48H,25-30H2,1-4H3,(H,49,50)/t39-,40-,41-,42+,43-,44-,45+,46-,47-,48+/m1/s1. The summed E-state index contributed by atoms with van der Waals surface area (Å²) in [6, 6.07) is 37.5. The van der Waals surface area contributed by atoms with Gasteiger partial charge in [0.15, 0.2) is 24.8 Å². The van der Waals surface area contributed by atoms with E-state index in [1.807, 2.05) is 121 Å². The number of carbonyl (C=O) groups is 4. The molecule has 10 atom stereocenters. The van der Waals surface area contributed by atoms with Crippen LogP contribution in [0.2, 0.25) is 0 Å². The van der Waals surface area contributed by atoms with Crippen molar-refractivity contribution in [3.63, 3.8) is 0 Å². The van der Waals surface area contributed by atoms with Gasteiger partial charge in [0.05, 0.1) is 33.0 Å². The van der Waals surface area contributed by atoms with Crippen LogP contribution in [-0.2, 0) is 93.0 Å². The number of amides is 1. The first-order valence-corrected chi connectivity index (χ1v) is 20.8. The third-order valence-corrected chi connectivity index (χ3v) is 10.2. The molecule has 6 rings (SSSR count). The molecule has 2 saturated heterocycles. The molecule has 4 aromatic carbocycles. The van der Waals surface area contributed by atoms with Crippen LogP contribution in [0.4, 0.5) is 0 Å². The minimum Gasteiger partial charge on any atom is -0.463 e. The second-order valence-corrected chi connectivity index (χ2v) is 15.2. The van der Waals surface area contributed by atoms with Crippen LogP contribution in [0.25, 0.3) is 0 Å². The van der Waals surface area contributed by atoms with Crippen LogP contribution in [0.15, 0.2) is 121 Å². The molecule has 1 N–H and O–H groups in total. The molecule has 2 heterocycles. The van der Waals surface area contributed by atoms with Crippen molar-refractivity contribution in [2.45, 2.75) is 115 Å². The Kier molecular flexibility index (Phi) is 17.7. The fraction of sp³-hybridized carbons (Fsp3) is 0.417. The average molecular weight is 870 g/mol. The molecule has 2 aliphatic rings. The van der Waals surface area contributed by atoms with Crippen LogP contribution in [0.5, 0.6) is 0 Å². The number of nitrogens with one attached hydrogen (secondary N) is 1. The maximum atomic E-state index is 12.7. The first-order valence-electron chi connectivity index (χ1n) is 20.8. The fourth-order valence-corrected chi connectivity index (χ4v) is 7.39. The van der Waals surface area contributed by atoms with Crippen molar-refractivity contribution in [1.29, 1.82) is 0 Å². The smallest absolute Gasteiger partial charge is 0.303 e. The monoisotopic (exact) mass is 869 g/mol. The van der Waals surface area contributed by atoms with Gasteiger partial charge in [-0.2, -0.15) is 0 Å². The summed E-state index contributed by atoms with van der Waals surface area (Å²) in [5, 5.41) is 2.75. The molecular formula is C48H55NO14. The molecule has 1 amide bonds. The van der Waals surface area contributed by atoms with E-state index in [0.717, 1.165) is 22.3 Å². The van der Waals surface area contributed by atoms with Crippen molar-refractivity contribution < 1.29 is 66.5 Å². The van der Waals surface area contributed by atoms with Crippen LogP contribution >= 0.6 is 0 Å². The quantitative estimate of drug-likeness (QED) is 0.0889. The van der Waals surface area contributed by atoms with Crippen molar-refractivity contribution in [2.75, 3.05) is 13.2 Å². The molecule has 4 aromatic rings. The molecule has 63 heavy (non-hydrogen) atoms. The lowest BCUT2D eigenvalue weighted by atomic mass is 9.95. The Morgan fingerprint density at radius 2 is 0.857 bits per heavy atom. The molecule has 0 aliphatic carbocycles. The van der Waals surface area contributed by atoms with Crippen LogP contribution in [-0.4, -0.2) is 98.4 Å². The van der Waals surface area contributed by atoms with Gasteiger partial charge in [-0.25, -0.2) is 0 Å². The summed E-state index contributed by atoms with van der Waals surface area (Å²) in [7, 11) is 0. The Bertz CT molecular complexity index is 2020. The van der Waals surface area contributed by atoms with Crippen molar-refractivity contribution in [1.82, 2.24) is 5.32 Å². The van der Waals surface area contributed by atoms with Crippen molar-refractivity contribution in [2.24, 2.45) is 0 Å². The van der Waals surface area contributed by atoms with E-state index < -0.39 is 91.8 Å². The summed E-state index contributed by atoms with van der Waals surface area (Å²) in [4.78, 5) is 49.6. The molecule has 15 heteroatoms. The van der Waals surface area contributed by atoms with Crippen LogP contribution in [0, 0.1) is 0 Å². The van der Waals surface area contributed by atoms with Gasteiger partial charge < -0.3 is 52.7 Å². The Balaban J connectivity index is 1.37. The second kappa shape index (κ2) is 23.8. The third kappa shape index (κ3) is 14.2. The van der Waals surface area contributed by atoms with Gasteiger partial charge >= 0.3 is 17.9 Å². The van der Waals surface area contributed by atoms with Crippen molar-refractivity contribution in [3.8, 4) is 0 Å². The first kappa shape index (κ1) is 47.0. The number of hydrogen-bond donors (Lipinski definition) is 1. The second-order valence-electron chi connectivity index (χ2n) is 15.2. The molecule has 0 radical (unpaired) electrons. The number of benzene rings is 4. The van der Waals surface area contributed by atoms with E-state index >= 15 is 0 Å². The summed E-state index contributed by atoms with van der Waals surface area (Å²) in [5.41, 5.74) is 3.61. The number of rotatable bonds is 20. The number of esters is 3. The molecule has 0 bridgehead atoms. The number of hydrogen-bond acceptors (Lipinski definition) is 14. The molecule has 0 unspecified atom stereocenters. The molecule has 0 saturated carbocycles. The highest BCUT2D eigenvalue weighted by atomic mass is 16.7. The van der Waals surface area contributed by atoms with Crippen molar-refractivity contribution >= 4 is 23.8 Å². The normalized spacial score (nSPS) is 25.7. The maximum Gasteiger partial charge on any atom is 0.303 e. The minimum absolute atomic E-state index is 0.162. The van der Waals surface area contributed by atoms with Gasteiger partial charge in [0.2, 0.25) is 5.91 Å². The summed E-state index contributed by atoms with van der Waals surface area (Å²) in [6.07, 6.45) is -9.69. The predicted molar refractivity (Wildman–Crippen MR) is 225 cm³/mol. The molecule has 2 aliphatic heterocycles. The zero-order valence-electron chi connectivity index (χ0n) is 35.8. The molecule has 0 spiro atoms. The maximum absolute atomic E-state index is 12.7. The molecule has 336 valence electrons. The van der Waals surface area contributed by atoms with E-state index in [0.29, 0.717) is 0 Å². The van der Waals surface area contributed by atoms with E-state index in [1.165, 1.54) is 27.7 Å². The predicted octanol–water partition coefficient (Wildman–Crippen LogP) is 5.36. The van der Waals surface area contributed by atoms with E-state index in [2.05, 4.69) is 5.32 Å². The zero-order chi connectivity index (χ0) is 44.6. The Morgan fingerprint density at radius 3 is 1.32 bits per heavy atom. The lowest BCUT2D eigenvalue weighted by Gasteiger charge is -2.47. The lowest BCUT2D eigenvalue weighted by molar-refractivity contribution is -0.340. The Morgan fingerprint density at radius 1 is 0.444 bits per heavy atom.